The Morgan fingerprint density at radius 3 is 2.80 bits per heavy atom. The van der Waals surface area contributed by atoms with E-state index in [9.17, 15) is 0 Å². The SMILES string of the molecule is Cc1ccccc1C1CCCN1c1cnc(C#N)cn1. The molecule has 1 saturated heterocycles. The summed E-state index contributed by atoms with van der Waals surface area (Å²) in [4.78, 5) is 10.8. The molecular formula is C16H16N4. The summed E-state index contributed by atoms with van der Waals surface area (Å²) in [5, 5.41) is 8.79. The quantitative estimate of drug-likeness (QED) is 0.836. The fourth-order valence-electron chi connectivity index (χ4n) is 2.85. The minimum Gasteiger partial charge on any atom is -0.348 e. The number of aryl methyl sites for hydroxylation is 1. The lowest BCUT2D eigenvalue weighted by molar-refractivity contribution is 0.705. The van der Waals surface area contributed by atoms with Gasteiger partial charge in [0.25, 0.3) is 0 Å². The highest BCUT2D eigenvalue weighted by atomic mass is 15.2. The van der Waals surface area contributed by atoms with E-state index in [-0.39, 0.29) is 0 Å². The van der Waals surface area contributed by atoms with E-state index in [1.54, 1.807) is 12.4 Å². The molecule has 1 fully saturated rings. The molecule has 1 atom stereocenters. The smallest absolute Gasteiger partial charge is 0.158 e. The van der Waals surface area contributed by atoms with E-state index in [1.165, 1.54) is 11.1 Å². The maximum absolute atomic E-state index is 8.79. The molecule has 20 heavy (non-hydrogen) atoms. The first-order valence-electron chi connectivity index (χ1n) is 6.84. The first-order valence-corrected chi connectivity index (χ1v) is 6.84. The highest BCUT2D eigenvalue weighted by Crippen LogP contribution is 2.36. The molecular weight excluding hydrogens is 248 g/mol. The Labute approximate surface area is 118 Å². The van der Waals surface area contributed by atoms with Gasteiger partial charge in [0, 0.05) is 6.54 Å². The summed E-state index contributed by atoms with van der Waals surface area (Å²) in [5.74, 6) is 0.856. The van der Waals surface area contributed by atoms with Crippen molar-refractivity contribution in [1.82, 2.24) is 9.97 Å². The van der Waals surface area contributed by atoms with Crippen LogP contribution in [0.3, 0.4) is 0 Å². The lowest BCUT2D eigenvalue weighted by Crippen LogP contribution is -2.24. The zero-order valence-corrected chi connectivity index (χ0v) is 11.5. The summed E-state index contributed by atoms with van der Waals surface area (Å²) in [5.41, 5.74) is 3.03. The van der Waals surface area contributed by atoms with Gasteiger partial charge in [0.1, 0.15) is 11.9 Å². The number of aromatic nitrogens is 2. The minimum absolute atomic E-state index is 0.360. The number of nitrogens with zero attached hydrogens (tertiary/aromatic N) is 4. The molecule has 1 aromatic heterocycles. The van der Waals surface area contributed by atoms with Crippen LogP contribution >= 0.6 is 0 Å². The van der Waals surface area contributed by atoms with Crippen LogP contribution in [0.5, 0.6) is 0 Å². The van der Waals surface area contributed by atoms with Crippen molar-refractivity contribution in [3.63, 3.8) is 0 Å². The summed E-state index contributed by atoms with van der Waals surface area (Å²) >= 11 is 0. The summed E-state index contributed by atoms with van der Waals surface area (Å²) < 4.78 is 0. The largest absolute Gasteiger partial charge is 0.348 e. The Bertz CT molecular complexity index is 642. The Hall–Kier alpha value is -2.41. The van der Waals surface area contributed by atoms with Crippen molar-refractivity contribution >= 4 is 5.82 Å². The number of rotatable bonds is 2. The third-order valence-corrected chi connectivity index (χ3v) is 3.85. The third kappa shape index (κ3) is 2.23. The summed E-state index contributed by atoms with van der Waals surface area (Å²) in [7, 11) is 0. The van der Waals surface area contributed by atoms with Gasteiger partial charge in [-0.3, -0.25) is 0 Å². The molecule has 0 bridgehead atoms. The van der Waals surface area contributed by atoms with Crippen LogP contribution in [0.4, 0.5) is 5.82 Å². The van der Waals surface area contributed by atoms with E-state index in [2.05, 4.69) is 46.1 Å². The molecule has 4 heteroatoms. The van der Waals surface area contributed by atoms with Crippen LogP contribution in [-0.4, -0.2) is 16.5 Å². The number of hydrogen-bond acceptors (Lipinski definition) is 4. The summed E-state index contributed by atoms with van der Waals surface area (Å²) in [6, 6.07) is 10.9. The Kier molecular flexibility index (Phi) is 3.34. The Morgan fingerprint density at radius 2 is 2.10 bits per heavy atom. The van der Waals surface area contributed by atoms with Crippen molar-refractivity contribution in [2.24, 2.45) is 0 Å². The molecule has 4 nitrogen and oxygen atoms in total. The van der Waals surface area contributed by atoms with E-state index in [4.69, 9.17) is 5.26 Å². The molecule has 3 rings (SSSR count). The van der Waals surface area contributed by atoms with Gasteiger partial charge in [0.15, 0.2) is 5.69 Å². The van der Waals surface area contributed by atoms with Crippen molar-refractivity contribution in [2.45, 2.75) is 25.8 Å². The van der Waals surface area contributed by atoms with Gasteiger partial charge in [-0.25, -0.2) is 9.97 Å². The monoisotopic (exact) mass is 264 g/mol. The van der Waals surface area contributed by atoms with Gasteiger partial charge in [-0.05, 0) is 30.9 Å². The predicted molar refractivity (Wildman–Crippen MR) is 77.2 cm³/mol. The lowest BCUT2D eigenvalue weighted by Gasteiger charge is -2.26. The third-order valence-electron chi connectivity index (χ3n) is 3.85. The van der Waals surface area contributed by atoms with Crippen LogP contribution in [0.2, 0.25) is 0 Å². The molecule has 1 aromatic carbocycles. The highest BCUT2D eigenvalue weighted by molar-refractivity contribution is 5.44. The second-order valence-corrected chi connectivity index (χ2v) is 5.08. The van der Waals surface area contributed by atoms with Crippen molar-refractivity contribution < 1.29 is 0 Å². The zero-order chi connectivity index (χ0) is 13.9. The van der Waals surface area contributed by atoms with Crippen molar-refractivity contribution in [1.29, 1.82) is 5.26 Å². The van der Waals surface area contributed by atoms with E-state index in [1.807, 2.05) is 6.07 Å². The molecule has 0 aliphatic carbocycles. The number of benzene rings is 1. The van der Waals surface area contributed by atoms with Gasteiger partial charge in [0.05, 0.1) is 18.4 Å². The van der Waals surface area contributed by atoms with Gasteiger partial charge in [-0.1, -0.05) is 24.3 Å². The van der Waals surface area contributed by atoms with Gasteiger partial charge in [-0.15, -0.1) is 0 Å². The van der Waals surface area contributed by atoms with Gasteiger partial charge < -0.3 is 4.90 Å². The fraction of sp³-hybridized carbons (Fsp3) is 0.312. The maximum atomic E-state index is 8.79. The highest BCUT2D eigenvalue weighted by Gasteiger charge is 2.28. The van der Waals surface area contributed by atoms with Gasteiger partial charge >= 0.3 is 0 Å². The van der Waals surface area contributed by atoms with Crippen LogP contribution in [0.25, 0.3) is 0 Å². The number of hydrogen-bond donors (Lipinski definition) is 0. The van der Waals surface area contributed by atoms with Crippen molar-refractivity contribution in [3.05, 3.63) is 53.5 Å². The molecule has 0 radical (unpaired) electrons. The molecule has 0 amide bonds. The molecule has 100 valence electrons. The molecule has 1 unspecified atom stereocenters. The molecule has 1 aliphatic heterocycles. The average Bonchev–Trinajstić information content (AvgIpc) is 2.97. The van der Waals surface area contributed by atoms with Gasteiger partial charge in [-0.2, -0.15) is 5.26 Å². The first kappa shape index (κ1) is 12.6. The second kappa shape index (κ2) is 5.30. The van der Waals surface area contributed by atoms with Crippen LogP contribution in [0.1, 0.15) is 35.7 Å². The molecule has 2 aromatic rings. The molecule has 0 spiro atoms. The molecule has 2 heterocycles. The fourth-order valence-corrected chi connectivity index (χ4v) is 2.85. The zero-order valence-electron chi connectivity index (χ0n) is 11.5. The maximum Gasteiger partial charge on any atom is 0.158 e. The minimum atomic E-state index is 0.360. The van der Waals surface area contributed by atoms with E-state index < -0.39 is 0 Å². The number of nitriles is 1. The van der Waals surface area contributed by atoms with Crippen LogP contribution in [0.15, 0.2) is 36.7 Å². The average molecular weight is 264 g/mol. The summed E-state index contributed by atoms with van der Waals surface area (Å²) in [6.45, 7) is 3.13. The van der Waals surface area contributed by atoms with Gasteiger partial charge in [0.2, 0.25) is 0 Å². The Balaban J connectivity index is 1.93. The van der Waals surface area contributed by atoms with E-state index >= 15 is 0 Å². The lowest BCUT2D eigenvalue weighted by atomic mass is 9.99. The number of anilines is 1. The predicted octanol–water partition coefficient (Wildman–Crippen LogP) is 3.00. The molecule has 0 N–H and O–H groups in total. The van der Waals surface area contributed by atoms with Crippen LogP contribution in [-0.2, 0) is 0 Å². The van der Waals surface area contributed by atoms with E-state index in [0.717, 1.165) is 25.2 Å². The standard InChI is InChI=1S/C16H16N4/c1-12-5-2-3-6-14(12)15-7-4-8-20(15)16-11-18-13(9-17)10-19-16/h2-3,5-6,10-11,15H,4,7-8H2,1H3. The van der Waals surface area contributed by atoms with E-state index in [0.29, 0.717) is 11.7 Å². The Morgan fingerprint density at radius 1 is 1.25 bits per heavy atom. The summed E-state index contributed by atoms with van der Waals surface area (Å²) in [6.07, 6.45) is 5.53. The normalized spacial score (nSPS) is 18.0. The topological polar surface area (TPSA) is 52.8 Å². The molecule has 0 saturated carbocycles. The van der Waals surface area contributed by atoms with Crippen molar-refractivity contribution in [3.8, 4) is 6.07 Å². The second-order valence-electron chi connectivity index (χ2n) is 5.08. The van der Waals surface area contributed by atoms with Crippen LogP contribution in [0, 0.1) is 18.3 Å². The first-order chi connectivity index (χ1) is 9.79. The molecule has 1 aliphatic rings. The van der Waals surface area contributed by atoms with Crippen molar-refractivity contribution in [2.75, 3.05) is 11.4 Å². The van der Waals surface area contributed by atoms with Crippen LogP contribution < -0.4 is 4.90 Å².